The number of carbonyl (C=O) groups excluding carboxylic acids is 1. The van der Waals surface area contributed by atoms with Crippen LogP contribution < -0.4 is 9.47 Å². The Labute approximate surface area is 96.3 Å². The predicted molar refractivity (Wildman–Crippen MR) is 58.6 cm³/mol. The quantitative estimate of drug-likeness (QED) is 0.794. The second-order valence-electron chi connectivity index (χ2n) is 2.65. The number of esters is 1. The Balaban J connectivity index is 3.30. The molecule has 5 heteroatoms. The third-order valence-corrected chi connectivity index (χ3v) is 2.64. The van der Waals surface area contributed by atoms with Crippen LogP contribution in [0.25, 0.3) is 0 Å². The van der Waals surface area contributed by atoms with E-state index in [2.05, 4.69) is 20.7 Å². The Hall–Kier alpha value is -1.23. The fourth-order valence-electron chi connectivity index (χ4n) is 1.17. The van der Waals surface area contributed by atoms with Gasteiger partial charge in [-0.2, -0.15) is 0 Å². The van der Waals surface area contributed by atoms with Crippen LogP contribution in [0.2, 0.25) is 0 Å². The van der Waals surface area contributed by atoms with E-state index < -0.39 is 5.97 Å². The number of carbonyl (C=O) groups is 1. The predicted octanol–water partition coefficient (Wildman–Crippen LogP) is 2.25. The maximum Gasteiger partial charge on any atom is 0.341 e. The molecule has 0 N–H and O–H groups in total. The van der Waals surface area contributed by atoms with Gasteiger partial charge < -0.3 is 14.2 Å². The lowest BCUT2D eigenvalue weighted by Gasteiger charge is -2.11. The topological polar surface area (TPSA) is 44.8 Å². The van der Waals surface area contributed by atoms with E-state index in [1.54, 1.807) is 12.1 Å². The van der Waals surface area contributed by atoms with E-state index in [9.17, 15) is 4.79 Å². The molecule has 0 saturated heterocycles. The fourth-order valence-corrected chi connectivity index (χ4v) is 1.84. The number of ether oxygens (including phenoxy) is 3. The molecule has 1 aromatic rings. The summed E-state index contributed by atoms with van der Waals surface area (Å²) >= 11 is 3.29. The first kappa shape index (κ1) is 11.8. The molecule has 0 saturated carbocycles. The molecule has 0 atom stereocenters. The maximum atomic E-state index is 11.4. The summed E-state index contributed by atoms with van der Waals surface area (Å²) in [6.07, 6.45) is 0. The van der Waals surface area contributed by atoms with Gasteiger partial charge >= 0.3 is 5.97 Å². The summed E-state index contributed by atoms with van der Waals surface area (Å²) in [5.74, 6) is 0.552. The largest absolute Gasteiger partial charge is 0.495 e. The minimum Gasteiger partial charge on any atom is -0.495 e. The standard InChI is InChI=1S/C10H11BrO4/c1-13-7-5-4-6(10(12)15-3)9(14-2)8(7)11/h4-5H,1-3H3. The Morgan fingerprint density at radius 1 is 1.20 bits per heavy atom. The van der Waals surface area contributed by atoms with Gasteiger partial charge in [0.05, 0.1) is 21.3 Å². The van der Waals surface area contributed by atoms with Crippen LogP contribution in [0, 0.1) is 0 Å². The summed E-state index contributed by atoms with van der Waals surface area (Å²) < 4.78 is 15.4. The van der Waals surface area contributed by atoms with Crippen LogP contribution in [-0.2, 0) is 4.74 Å². The van der Waals surface area contributed by atoms with Crippen LogP contribution in [0.1, 0.15) is 10.4 Å². The molecule has 0 aliphatic heterocycles. The first-order valence-corrected chi connectivity index (χ1v) is 4.93. The summed E-state index contributed by atoms with van der Waals surface area (Å²) in [5, 5.41) is 0. The van der Waals surface area contributed by atoms with E-state index in [0.717, 1.165) is 0 Å². The lowest BCUT2D eigenvalue weighted by atomic mass is 10.2. The van der Waals surface area contributed by atoms with E-state index in [4.69, 9.17) is 9.47 Å². The minimum absolute atomic E-state index is 0.354. The molecule has 0 aliphatic carbocycles. The van der Waals surface area contributed by atoms with Crippen LogP contribution in [0.5, 0.6) is 11.5 Å². The molecule has 0 aliphatic rings. The molecule has 0 radical (unpaired) electrons. The summed E-state index contributed by atoms with van der Waals surface area (Å²) in [6, 6.07) is 3.26. The monoisotopic (exact) mass is 274 g/mol. The van der Waals surface area contributed by atoms with Gasteiger partial charge in [-0.25, -0.2) is 4.79 Å². The van der Waals surface area contributed by atoms with Gasteiger partial charge in [-0.15, -0.1) is 0 Å². The zero-order valence-electron chi connectivity index (χ0n) is 8.67. The van der Waals surface area contributed by atoms with Gasteiger partial charge in [-0.3, -0.25) is 0 Å². The van der Waals surface area contributed by atoms with Crippen molar-refractivity contribution in [3.8, 4) is 11.5 Å². The number of rotatable bonds is 3. The summed E-state index contributed by atoms with van der Waals surface area (Å²) in [4.78, 5) is 11.4. The highest BCUT2D eigenvalue weighted by atomic mass is 79.9. The van der Waals surface area contributed by atoms with Gasteiger partial charge in [-0.05, 0) is 28.1 Å². The molecule has 15 heavy (non-hydrogen) atoms. The van der Waals surface area contributed by atoms with Crippen molar-refractivity contribution in [1.29, 1.82) is 0 Å². The highest BCUT2D eigenvalue weighted by Gasteiger charge is 2.18. The number of hydrogen-bond acceptors (Lipinski definition) is 4. The molecular formula is C10H11BrO4. The molecule has 0 heterocycles. The average Bonchev–Trinajstić information content (AvgIpc) is 2.27. The summed E-state index contributed by atoms with van der Waals surface area (Å²) in [5.41, 5.74) is 0.354. The lowest BCUT2D eigenvalue weighted by Crippen LogP contribution is -2.05. The van der Waals surface area contributed by atoms with Crippen LogP contribution in [0.4, 0.5) is 0 Å². The highest BCUT2D eigenvalue weighted by Crippen LogP contribution is 2.37. The van der Waals surface area contributed by atoms with Crippen molar-refractivity contribution in [2.75, 3.05) is 21.3 Å². The number of benzene rings is 1. The van der Waals surface area contributed by atoms with Crippen LogP contribution in [-0.4, -0.2) is 27.3 Å². The Morgan fingerprint density at radius 3 is 2.33 bits per heavy atom. The minimum atomic E-state index is -0.449. The summed E-state index contributed by atoms with van der Waals surface area (Å²) in [6.45, 7) is 0. The van der Waals surface area contributed by atoms with E-state index in [1.807, 2.05) is 0 Å². The zero-order chi connectivity index (χ0) is 11.4. The Bertz CT molecular complexity index is 376. The zero-order valence-corrected chi connectivity index (χ0v) is 10.3. The lowest BCUT2D eigenvalue weighted by molar-refractivity contribution is 0.0597. The van der Waals surface area contributed by atoms with Crippen molar-refractivity contribution in [2.45, 2.75) is 0 Å². The molecule has 82 valence electrons. The smallest absolute Gasteiger partial charge is 0.341 e. The van der Waals surface area contributed by atoms with Gasteiger partial charge in [0.15, 0.2) is 5.75 Å². The molecular weight excluding hydrogens is 264 g/mol. The molecule has 1 aromatic carbocycles. The van der Waals surface area contributed by atoms with Crippen LogP contribution in [0.3, 0.4) is 0 Å². The van der Waals surface area contributed by atoms with Gasteiger partial charge in [0, 0.05) is 0 Å². The first-order valence-electron chi connectivity index (χ1n) is 4.14. The van der Waals surface area contributed by atoms with Gasteiger partial charge in [0.1, 0.15) is 15.8 Å². The second kappa shape index (κ2) is 5.02. The van der Waals surface area contributed by atoms with Crippen molar-refractivity contribution in [3.63, 3.8) is 0 Å². The molecule has 0 unspecified atom stereocenters. The third kappa shape index (κ3) is 2.23. The van der Waals surface area contributed by atoms with Crippen molar-refractivity contribution in [1.82, 2.24) is 0 Å². The normalized spacial score (nSPS) is 9.60. The third-order valence-electron chi connectivity index (χ3n) is 1.89. The van der Waals surface area contributed by atoms with Crippen molar-refractivity contribution in [2.24, 2.45) is 0 Å². The van der Waals surface area contributed by atoms with Crippen molar-refractivity contribution >= 4 is 21.9 Å². The average molecular weight is 275 g/mol. The number of hydrogen-bond donors (Lipinski definition) is 0. The van der Waals surface area contributed by atoms with Gasteiger partial charge in [-0.1, -0.05) is 0 Å². The molecule has 0 spiro atoms. The SMILES string of the molecule is COC(=O)c1ccc(OC)c(Br)c1OC. The van der Waals surface area contributed by atoms with E-state index in [-0.39, 0.29) is 0 Å². The first-order chi connectivity index (χ1) is 7.15. The number of methoxy groups -OCH3 is 3. The van der Waals surface area contributed by atoms with E-state index >= 15 is 0 Å². The Kier molecular flexibility index (Phi) is 3.96. The highest BCUT2D eigenvalue weighted by molar-refractivity contribution is 9.10. The fraction of sp³-hybridized carbons (Fsp3) is 0.300. The molecule has 0 fully saturated rings. The van der Waals surface area contributed by atoms with Crippen LogP contribution in [0.15, 0.2) is 16.6 Å². The van der Waals surface area contributed by atoms with E-state index in [0.29, 0.717) is 21.5 Å². The van der Waals surface area contributed by atoms with Crippen LogP contribution >= 0.6 is 15.9 Å². The molecule has 0 bridgehead atoms. The van der Waals surface area contributed by atoms with Crippen molar-refractivity contribution < 1.29 is 19.0 Å². The van der Waals surface area contributed by atoms with E-state index in [1.165, 1.54) is 21.3 Å². The number of halogens is 1. The van der Waals surface area contributed by atoms with Gasteiger partial charge in [0.25, 0.3) is 0 Å². The Morgan fingerprint density at radius 2 is 1.87 bits per heavy atom. The maximum absolute atomic E-state index is 11.4. The molecule has 0 aromatic heterocycles. The van der Waals surface area contributed by atoms with Crippen molar-refractivity contribution in [3.05, 3.63) is 22.2 Å². The second-order valence-corrected chi connectivity index (χ2v) is 3.45. The molecule has 1 rings (SSSR count). The van der Waals surface area contributed by atoms with Gasteiger partial charge in [0.2, 0.25) is 0 Å². The summed E-state index contributed by atoms with van der Waals surface area (Å²) in [7, 11) is 4.34. The molecule has 0 amide bonds. The molecule has 4 nitrogen and oxygen atoms in total.